The number of benzene rings is 2. The van der Waals surface area contributed by atoms with Crippen LogP contribution in [0.2, 0.25) is 0 Å². The van der Waals surface area contributed by atoms with Crippen molar-refractivity contribution >= 4 is 50.8 Å². The van der Waals surface area contributed by atoms with E-state index in [0.717, 1.165) is 42.4 Å². The lowest BCUT2D eigenvalue weighted by Gasteiger charge is -2.27. The Morgan fingerprint density at radius 3 is 2.50 bits per heavy atom. The van der Waals surface area contributed by atoms with Gasteiger partial charge in [0.15, 0.2) is 5.11 Å². The van der Waals surface area contributed by atoms with Crippen LogP contribution in [0.5, 0.6) is 0 Å². The summed E-state index contributed by atoms with van der Waals surface area (Å²) in [5.41, 5.74) is 2.69. The zero-order chi connectivity index (χ0) is 20.1. The van der Waals surface area contributed by atoms with Crippen LogP contribution in [-0.4, -0.2) is 34.9 Å². The molecule has 1 fully saturated rings. The van der Waals surface area contributed by atoms with Crippen molar-refractivity contribution in [1.29, 1.82) is 0 Å². The molecule has 0 atom stereocenters. The second-order valence-electron chi connectivity index (χ2n) is 6.77. The Morgan fingerprint density at radius 1 is 1.07 bits per heavy atom. The SMILES string of the molecule is Cc1ccc(C(=O)NC(=S)Nc2ccccc2C(=O)N2CCCCC2)cc1Br. The lowest BCUT2D eigenvalue weighted by atomic mass is 10.1. The summed E-state index contributed by atoms with van der Waals surface area (Å²) in [6, 6.07) is 12.6. The molecule has 0 unspecified atom stereocenters. The first-order valence-electron chi connectivity index (χ1n) is 9.22. The van der Waals surface area contributed by atoms with Crippen molar-refractivity contribution in [2.75, 3.05) is 18.4 Å². The normalized spacial score (nSPS) is 13.7. The molecule has 7 heteroatoms. The van der Waals surface area contributed by atoms with Crippen LogP contribution in [0.4, 0.5) is 5.69 Å². The Bertz CT molecular complexity index is 910. The molecule has 5 nitrogen and oxygen atoms in total. The van der Waals surface area contributed by atoms with E-state index < -0.39 is 0 Å². The average Bonchev–Trinajstić information content (AvgIpc) is 2.70. The maximum atomic E-state index is 12.9. The minimum absolute atomic E-state index is 0.0145. The van der Waals surface area contributed by atoms with Crippen LogP contribution in [0, 0.1) is 6.92 Å². The summed E-state index contributed by atoms with van der Waals surface area (Å²) in [5.74, 6) is -0.322. The third kappa shape index (κ3) is 4.97. The predicted molar refractivity (Wildman–Crippen MR) is 119 cm³/mol. The van der Waals surface area contributed by atoms with Crippen molar-refractivity contribution in [3.63, 3.8) is 0 Å². The molecule has 1 heterocycles. The number of para-hydroxylation sites is 1. The van der Waals surface area contributed by atoms with Crippen LogP contribution in [0.15, 0.2) is 46.9 Å². The first-order chi connectivity index (χ1) is 13.5. The van der Waals surface area contributed by atoms with Gasteiger partial charge >= 0.3 is 0 Å². The second kappa shape index (κ2) is 9.30. The van der Waals surface area contributed by atoms with E-state index in [4.69, 9.17) is 12.2 Å². The minimum atomic E-state index is -0.307. The number of anilines is 1. The number of halogens is 1. The van der Waals surface area contributed by atoms with Crippen LogP contribution in [0.25, 0.3) is 0 Å². The van der Waals surface area contributed by atoms with E-state index >= 15 is 0 Å². The van der Waals surface area contributed by atoms with Gasteiger partial charge in [-0.15, -0.1) is 0 Å². The fourth-order valence-corrected chi connectivity index (χ4v) is 3.69. The van der Waals surface area contributed by atoms with Crippen LogP contribution in [0.3, 0.4) is 0 Å². The number of nitrogens with zero attached hydrogens (tertiary/aromatic N) is 1. The van der Waals surface area contributed by atoms with Crippen molar-refractivity contribution in [3.8, 4) is 0 Å². The monoisotopic (exact) mass is 459 g/mol. The summed E-state index contributed by atoms with van der Waals surface area (Å²) < 4.78 is 0.858. The molecule has 1 saturated heterocycles. The van der Waals surface area contributed by atoms with Crippen LogP contribution in [-0.2, 0) is 0 Å². The number of piperidine rings is 1. The largest absolute Gasteiger partial charge is 0.339 e. The topological polar surface area (TPSA) is 61.4 Å². The lowest BCUT2D eigenvalue weighted by molar-refractivity contribution is 0.0725. The number of amides is 2. The highest BCUT2D eigenvalue weighted by Gasteiger charge is 2.21. The fourth-order valence-electron chi connectivity index (χ4n) is 3.11. The first-order valence-corrected chi connectivity index (χ1v) is 10.4. The maximum Gasteiger partial charge on any atom is 0.257 e. The number of carbonyl (C=O) groups is 2. The number of carbonyl (C=O) groups excluding carboxylic acids is 2. The van der Waals surface area contributed by atoms with Gasteiger partial charge in [-0.05, 0) is 68.2 Å². The first kappa shape index (κ1) is 20.5. The number of aryl methyl sites for hydroxylation is 1. The summed E-state index contributed by atoms with van der Waals surface area (Å²) in [7, 11) is 0. The molecule has 28 heavy (non-hydrogen) atoms. The molecule has 2 aromatic rings. The smallest absolute Gasteiger partial charge is 0.257 e. The van der Waals surface area contributed by atoms with Crippen molar-refractivity contribution in [2.24, 2.45) is 0 Å². The predicted octanol–water partition coefficient (Wildman–Crippen LogP) is 4.51. The zero-order valence-electron chi connectivity index (χ0n) is 15.6. The Morgan fingerprint density at radius 2 is 1.79 bits per heavy atom. The van der Waals surface area contributed by atoms with E-state index in [1.807, 2.05) is 30.0 Å². The van der Waals surface area contributed by atoms with Crippen LogP contribution < -0.4 is 10.6 Å². The third-order valence-electron chi connectivity index (χ3n) is 4.71. The Labute approximate surface area is 178 Å². The molecular formula is C21H22BrN3O2S. The molecule has 0 radical (unpaired) electrons. The van der Waals surface area contributed by atoms with Gasteiger partial charge < -0.3 is 10.2 Å². The zero-order valence-corrected chi connectivity index (χ0v) is 18.0. The van der Waals surface area contributed by atoms with Crippen molar-refractivity contribution < 1.29 is 9.59 Å². The van der Waals surface area contributed by atoms with Crippen molar-refractivity contribution in [1.82, 2.24) is 10.2 Å². The molecule has 0 saturated carbocycles. The molecule has 0 aliphatic carbocycles. The molecule has 2 N–H and O–H groups in total. The summed E-state index contributed by atoms with van der Waals surface area (Å²) in [6.45, 7) is 3.50. The summed E-state index contributed by atoms with van der Waals surface area (Å²) >= 11 is 8.72. The van der Waals surface area contributed by atoms with Crippen LogP contribution >= 0.6 is 28.1 Å². The number of nitrogens with one attached hydrogen (secondary N) is 2. The minimum Gasteiger partial charge on any atom is -0.339 e. The molecule has 0 spiro atoms. The van der Waals surface area contributed by atoms with Gasteiger partial charge in [-0.3, -0.25) is 14.9 Å². The molecule has 0 aromatic heterocycles. The number of hydrogen-bond donors (Lipinski definition) is 2. The molecule has 1 aliphatic heterocycles. The van der Waals surface area contributed by atoms with E-state index in [-0.39, 0.29) is 16.9 Å². The van der Waals surface area contributed by atoms with E-state index in [1.165, 1.54) is 0 Å². The molecule has 1 aliphatic rings. The molecular weight excluding hydrogens is 438 g/mol. The molecule has 2 amide bonds. The van der Waals surface area contributed by atoms with Crippen molar-refractivity contribution in [3.05, 3.63) is 63.6 Å². The number of hydrogen-bond acceptors (Lipinski definition) is 3. The molecule has 0 bridgehead atoms. The number of rotatable bonds is 3. The summed E-state index contributed by atoms with van der Waals surface area (Å²) in [4.78, 5) is 27.2. The maximum absolute atomic E-state index is 12.9. The van der Waals surface area contributed by atoms with Gasteiger partial charge in [-0.25, -0.2) is 0 Å². The van der Waals surface area contributed by atoms with Gasteiger partial charge in [0, 0.05) is 23.1 Å². The van der Waals surface area contributed by atoms with Gasteiger partial charge in [0.25, 0.3) is 11.8 Å². The second-order valence-corrected chi connectivity index (χ2v) is 8.03. The molecule has 146 valence electrons. The molecule has 3 rings (SSSR count). The quantitative estimate of drug-likeness (QED) is 0.662. The van der Waals surface area contributed by atoms with Gasteiger partial charge in [0.05, 0.1) is 11.3 Å². The average molecular weight is 460 g/mol. The summed E-state index contributed by atoms with van der Waals surface area (Å²) in [5, 5.41) is 5.82. The van der Waals surface area contributed by atoms with E-state index in [2.05, 4.69) is 26.6 Å². The van der Waals surface area contributed by atoms with Gasteiger partial charge in [-0.2, -0.15) is 0 Å². The summed E-state index contributed by atoms with van der Waals surface area (Å²) in [6.07, 6.45) is 3.22. The Kier molecular flexibility index (Phi) is 6.80. The fraction of sp³-hybridized carbons (Fsp3) is 0.286. The van der Waals surface area contributed by atoms with Gasteiger partial charge in [0.1, 0.15) is 0 Å². The number of thiocarbonyl (C=S) groups is 1. The third-order valence-corrected chi connectivity index (χ3v) is 5.77. The van der Waals surface area contributed by atoms with Crippen molar-refractivity contribution in [2.45, 2.75) is 26.2 Å². The van der Waals surface area contributed by atoms with E-state index in [1.54, 1.807) is 24.3 Å². The van der Waals surface area contributed by atoms with E-state index in [0.29, 0.717) is 16.8 Å². The van der Waals surface area contributed by atoms with E-state index in [9.17, 15) is 9.59 Å². The standard InChI is InChI=1S/C21H22BrN3O2S/c1-14-9-10-15(13-17(14)22)19(26)24-21(28)23-18-8-4-3-7-16(18)20(27)25-11-5-2-6-12-25/h3-4,7-10,13H,2,5-6,11-12H2,1H3,(H2,23,24,26,28). The highest BCUT2D eigenvalue weighted by Crippen LogP contribution is 2.20. The number of likely N-dealkylation sites (tertiary alicyclic amines) is 1. The Hall–Kier alpha value is -2.25. The van der Waals surface area contributed by atoms with Gasteiger partial charge in [0.2, 0.25) is 0 Å². The molecule has 2 aromatic carbocycles. The Balaban J connectivity index is 1.69. The highest BCUT2D eigenvalue weighted by molar-refractivity contribution is 9.10. The van der Waals surface area contributed by atoms with Crippen LogP contribution in [0.1, 0.15) is 45.5 Å². The van der Waals surface area contributed by atoms with Gasteiger partial charge in [-0.1, -0.05) is 34.1 Å². The highest BCUT2D eigenvalue weighted by atomic mass is 79.9. The lowest BCUT2D eigenvalue weighted by Crippen LogP contribution is -2.37.